The highest BCUT2D eigenvalue weighted by Crippen LogP contribution is 2.35. The number of benzene rings is 1. The zero-order valence-corrected chi connectivity index (χ0v) is 20.0. The van der Waals surface area contributed by atoms with Crippen LogP contribution in [0.3, 0.4) is 0 Å². The Morgan fingerprint density at radius 3 is 2.38 bits per heavy atom. The number of carbonyl (C=O) groups excluding carboxylic acids is 1. The molecule has 0 bridgehead atoms. The monoisotopic (exact) mass is 490 g/mol. The van der Waals surface area contributed by atoms with E-state index in [2.05, 4.69) is 23.2 Å². The smallest absolute Gasteiger partial charge is 0.317 e. The molecule has 5 nitrogen and oxygen atoms in total. The first-order valence-electron chi connectivity index (χ1n) is 10.7. The number of allylic oxidation sites excluding steroid dienone is 1. The maximum Gasteiger partial charge on any atom is 0.435 e. The number of ketones is 1. The van der Waals surface area contributed by atoms with Crippen molar-refractivity contribution in [3.8, 4) is 5.69 Å². The van der Waals surface area contributed by atoms with Gasteiger partial charge in [-0.3, -0.25) is 4.79 Å². The van der Waals surface area contributed by atoms with Crippen LogP contribution in [0.5, 0.6) is 0 Å². The van der Waals surface area contributed by atoms with Crippen molar-refractivity contribution in [2.75, 3.05) is 0 Å². The molecule has 0 saturated heterocycles. The number of imidazole rings is 1. The Labute approximate surface area is 201 Å². The lowest BCUT2D eigenvalue weighted by Crippen LogP contribution is -2.24. The molecule has 0 N–H and O–H groups in total. The maximum absolute atomic E-state index is 13.5. The Morgan fingerprint density at radius 2 is 1.85 bits per heavy atom. The summed E-state index contributed by atoms with van der Waals surface area (Å²) in [7, 11) is 0. The van der Waals surface area contributed by atoms with E-state index in [9.17, 15) is 18.0 Å². The van der Waals surface area contributed by atoms with Crippen LogP contribution in [0.25, 0.3) is 11.8 Å². The molecule has 0 fully saturated rings. The zero-order chi connectivity index (χ0) is 25.2. The minimum Gasteiger partial charge on any atom is -0.317 e. The topological polar surface area (TPSA) is 52.7 Å². The number of aryl methyl sites for hydroxylation is 1. The van der Waals surface area contributed by atoms with Gasteiger partial charge >= 0.3 is 6.18 Å². The number of carbonyl (C=O) groups is 1. The standard InChI is InChI=1S/C25H26ClF3N4O/c1-6-8-21(32-16(5)31-24(20(32)7-2)25(27,28)29)22(34)13-17-14-30-33(23(17)15(3)4)19-11-9-18(26)10-12-19/h6-7,9-12,14-15,21H,1-2,8,13H2,3-5H3. The molecule has 3 aromatic rings. The average Bonchev–Trinajstić information content (AvgIpc) is 3.33. The van der Waals surface area contributed by atoms with E-state index in [1.807, 2.05) is 26.0 Å². The molecule has 0 amide bonds. The van der Waals surface area contributed by atoms with Crippen molar-refractivity contribution in [3.63, 3.8) is 0 Å². The van der Waals surface area contributed by atoms with Gasteiger partial charge in [0.25, 0.3) is 0 Å². The van der Waals surface area contributed by atoms with Gasteiger partial charge in [-0.2, -0.15) is 18.3 Å². The summed E-state index contributed by atoms with van der Waals surface area (Å²) in [6.07, 6.45) is -0.284. The van der Waals surface area contributed by atoms with Crippen LogP contribution in [0.15, 0.2) is 49.7 Å². The fourth-order valence-corrected chi connectivity index (χ4v) is 4.26. The van der Waals surface area contributed by atoms with E-state index in [1.54, 1.807) is 23.0 Å². The largest absolute Gasteiger partial charge is 0.435 e. The third kappa shape index (κ3) is 5.01. The van der Waals surface area contributed by atoms with Gasteiger partial charge in [-0.05, 0) is 49.6 Å². The Kier molecular flexibility index (Phi) is 7.51. The molecule has 0 aliphatic heterocycles. The fraction of sp³-hybridized carbons (Fsp3) is 0.320. The van der Waals surface area contributed by atoms with Crippen LogP contribution < -0.4 is 0 Å². The lowest BCUT2D eigenvalue weighted by atomic mass is 9.97. The number of rotatable bonds is 9. The number of nitrogens with zero attached hydrogens (tertiary/aromatic N) is 4. The molecule has 1 aromatic carbocycles. The predicted octanol–water partition coefficient (Wildman–Crippen LogP) is 6.74. The van der Waals surface area contributed by atoms with Crippen molar-refractivity contribution in [2.45, 2.75) is 51.7 Å². The number of alkyl halides is 3. The second-order valence-corrected chi connectivity index (χ2v) is 8.68. The van der Waals surface area contributed by atoms with Crippen molar-refractivity contribution in [1.82, 2.24) is 19.3 Å². The normalized spacial score (nSPS) is 12.7. The van der Waals surface area contributed by atoms with Gasteiger partial charge in [0.15, 0.2) is 11.5 Å². The van der Waals surface area contributed by atoms with Crippen LogP contribution >= 0.6 is 11.6 Å². The van der Waals surface area contributed by atoms with Crippen LogP contribution in [0.2, 0.25) is 5.02 Å². The van der Waals surface area contributed by atoms with E-state index >= 15 is 0 Å². The Balaban J connectivity index is 2.03. The van der Waals surface area contributed by atoms with E-state index in [-0.39, 0.29) is 36.1 Å². The molecule has 180 valence electrons. The van der Waals surface area contributed by atoms with Crippen LogP contribution in [-0.2, 0) is 17.4 Å². The molecule has 2 heterocycles. The predicted molar refractivity (Wildman–Crippen MR) is 127 cm³/mol. The molecule has 0 aliphatic carbocycles. The Morgan fingerprint density at radius 1 is 1.21 bits per heavy atom. The molecule has 0 saturated carbocycles. The molecule has 34 heavy (non-hydrogen) atoms. The molecule has 0 radical (unpaired) electrons. The number of hydrogen-bond donors (Lipinski definition) is 0. The van der Waals surface area contributed by atoms with Gasteiger partial charge in [0.05, 0.1) is 29.3 Å². The molecular weight excluding hydrogens is 465 g/mol. The zero-order valence-electron chi connectivity index (χ0n) is 19.2. The summed E-state index contributed by atoms with van der Waals surface area (Å²) in [6.45, 7) is 12.6. The van der Waals surface area contributed by atoms with Gasteiger partial charge in [0, 0.05) is 17.0 Å². The third-order valence-electron chi connectivity index (χ3n) is 5.53. The lowest BCUT2D eigenvalue weighted by Gasteiger charge is -2.20. The van der Waals surface area contributed by atoms with Crippen molar-refractivity contribution in [1.29, 1.82) is 0 Å². The molecule has 9 heteroatoms. The van der Waals surface area contributed by atoms with E-state index < -0.39 is 17.9 Å². The summed E-state index contributed by atoms with van der Waals surface area (Å²) < 4.78 is 43.6. The third-order valence-corrected chi connectivity index (χ3v) is 5.78. The number of Topliss-reactive ketones (excluding diaryl/α,β-unsaturated/α-hetero) is 1. The van der Waals surface area contributed by atoms with Gasteiger partial charge in [-0.15, -0.1) is 6.58 Å². The van der Waals surface area contributed by atoms with Gasteiger partial charge in [-0.1, -0.05) is 38.1 Å². The van der Waals surface area contributed by atoms with Gasteiger partial charge in [0.2, 0.25) is 0 Å². The SMILES string of the molecule is C=CCC(C(=O)Cc1cnn(-c2ccc(Cl)cc2)c1C(C)C)n1c(C)nc(C(F)(F)F)c1C=C. The van der Waals surface area contributed by atoms with Crippen molar-refractivity contribution >= 4 is 23.5 Å². The molecule has 0 aliphatic rings. The average molecular weight is 491 g/mol. The van der Waals surface area contributed by atoms with Crippen molar-refractivity contribution in [3.05, 3.63) is 83.2 Å². The maximum atomic E-state index is 13.5. The van der Waals surface area contributed by atoms with E-state index in [0.717, 1.165) is 17.5 Å². The molecule has 1 unspecified atom stereocenters. The van der Waals surface area contributed by atoms with Crippen LogP contribution in [0, 0.1) is 6.92 Å². The second kappa shape index (κ2) is 10.0. The minimum absolute atomic E-state index is 0.00480. The van der Waals surface area contributed by atoms with Crippen molar-refractivity contribution < 1.29 is 18.0 Å². The first-order chi connectivity index (χ1) is 16.0. The number of aromatic nitrogens is 4. The molecule has 3 rings (SSSR count). The van der Waals surface area contributed by atoms with Crippen LogP contribution in [-0.4, -0.2) is 25.1 Å². The molecule has 2 aromatic heterocycles. The van der Waals surface area contributed by atoms with Gasteiger partial charge in [-0.25, -0.2) is 9.67 Å². The second-order valence-electron chi connectivity index (χ2n) is 8.25. The van der Waals surface area contributed by atoms with Crippen molar-refractivity contribution in [2.24, 2.45) is 0 Å². The summed E-state index contributed by atoms with van der Waals surface area (Å²) >= 11 is 6.00. The van der Waals surface area contributed by atoms with Gasteiger partial charge < -0.3 is 4.57 Å². The molecular formula is C25H26ClF3N4O. The summed E-state index contributed by atoms with van der Waals surface area (Å²) in [5.74, 6) is -0.146. The highest BCUT2D eigenvalue weighted by atomic mass is 35.5. The Bertz CT molecular complexity index is 1210. The fourth-order valence-electron chi connectivity index (χ4n) is 4.13. The summed E-state index contributed by atoms with van der Waals surface area (Å²) in [5.41, 5.74) is 1.06. The quantitative estimate of drug-likeness (QED) is 0.312. The minimum atomic E-state index is -4.66. The summed E-state index contributed by atoms with van der Waals surface area (Å²) in [5, 5.41) is 5.07. The summed E-state index contributed by atoms with van der Waals surface area (Å²) in [4.78, 5) is 17.2. The Hall–Kier alpha value is -3.13. The number of halogens is 4. The lowest BCUT2D eigenvalue weighted by molar-refractivity contribution is -0.141. The first kappa shape index (κ1) is 25.5. The van der Waals surface area contributed by atoms with Gasteiger partial charge in [0.1, 0.15) is 5.82 Å². The van der Waals surface area contributed by atoms with Crippen LogP contribution in [0.4, 0.5) is 13.2 Å². The van der Waals surface area contributed by atoms with E-state index in [4.69, 9.17) is 11.6 Å². The summed E-state index contributed by atoms with van der Waals surface area (Å²) in [6, 6.07) is 6.26. The first-order valence-corrected chi connectivity index (χ1v) is 11.1. The molecule has 1 atom stereocenters. The van der Waals surface area contributed by atoms with E-state index in [1.165, 1.54) is 17.6 Å². The van der Waals surface area contributed by atoms with E-state index in [0.29, 0.717) is 10.6 Å². The molecule has 0 spiro atoms. The highest BCUT2D eigenvalue weighted by molar-refractivity contribution is 6.30. The van der Waals surface area contributed by atoms with Crippen LogP contribution in [0.1, 0.15) is 60.7 Å². The highest BCUT2D eigenvalue weighted by Gasteiger charge is 2.39. The number of hydrogen-bond acceptors (Lipinski definition) is 3.